The molecule has 4 heteroatoms. The third kappa shape index (κ3) is 4.03. The largest absolute Gasteiger partial charge is 0.361 e. The first kappa shape index (κ1) is 22.1. The van der Waals surface area contributed by atoms with E-state index in [0.29, 0.717) is 11.6 Å². The van der Waals surface area contributed by atoms with Gasteiger partial charge in [-0.2, -0.15) is 5.26 Å². The van der Waals surface area contributed by atoms with Gasteiger partial charge in [0.2, 0.25) is 0 Å². The van der Waals surface area contributed by atoms with E-state index in [9.17, 15) is 5.26 Å². The van der Waals surface area contributed by atoms with Crippen LogP contribution in [0.1, 0.15) is 37.7 Å². The van der Waals surface area contributed by atoms with Crippen LogP contribution in [0.25, 0.3) is 33.2 Å². The van der Waals surface area contributed by atoms with Crippen molar-refractivity contribution in [2.24, 2.45) is 0 Å². The van der Waals surface area contributed by atoms with Gasteiger partial charge in [0.15, 0.2) is 0 Å². The van der Waals surface area contributed by atoms with Gasteiger partial charge in [-0.1, -0.05) is 73.9 Å². The van der Waals surface area contributed by atoms with Gasteiger partial charge in [0.05, 0.1) is 11.3 Å². The SMILES string of the molecule is N#Cc1cncc(-c2ccccc2-c2ccccc2)c1N(c1ccc2[nH]ccc2c1)C1CCCCC1. The minimum atomic E-state index is 0.326. The van der Waals surface area contributed by atoms with Crippen LogP contribution in [-0.2, 0) is 0 Å². The van der Waals surface area contributed by atoms with Gasteiger partial charge in [-0.25, -0.2) is 0 Å². The number of aromatic nitrogens is 2. The lowest BCUT2D eigenvalue weighted by atomic mass is 9.90. The fourth-order valence-electron chi connectivity index (χ4n) is 5.63. The number of nitriles is 1. The lowest BCUT2D eigenvalue weighted by molar-refractivity contribution is 0.436. The molecule has 1 saturated carbocycles. The molecule has 1 aliphatic carbocycles. The molecule has 0 saturated heterocycles. The summed E-state index contributed by atoms with van der Waals surface area (Å²) in [4.78, 5) is 10.3. The lowest BCUT2D eigenvalue weighted by Gasteiger charge is -2.38. The predicted octanol–water partition coefficient (Wildman–Crippen LogP) is 8.24. The minimum absolute atomic E-state index is 0.326. The molecule has 2 aromatic heterocycles. The smallest absolute Gasteiger partial charge is 0.103 e. The van der Waals surface area contributed by atoms with Crippen molar-refractivity contribution < 1.29 is 0 Å². The maximum atomic E-state index is 10.3. The molecule has 4 nitrogen and oxygen atoms in total. The Kier molecular flexibility index (Phi) is 5.97. The van der Waals surface area contributed by atoms with Crippen LogP contribution < -0.4 is 4.90 Å². The number of hydrogen-bond donors (Lipinski definition) is 1. The van der Waals surface area contributed by atoms with Crippen LogP contribution >= 0.6 is 0 Å². The number of hydrogen-bond acceptors (Lipinski definition) is 3. The van der Waals surface area contributed by atoms with E-state index in [4.69, 9.17) is 0 Å². The Morgan fingerprint density at radius 1 is 0.806 bits per heavy atom. The third-order valence-corrected chi connectivity index (χ3v) is 7.34. The normalized spacial score (nSPS) is 14.0. The van der Waals surface area contributed by atoms with E-state index in [2.05, 4.69) is 93.7 Å². The summed E-state index contributed by atoms with van der Waals surface area (Å²) in [5.74, 6) is 0. The molecule has 36 heavy (non-hydrogen) atoms. The van der Waals surface area contributed by atoms with Crippen LogP contribution in [0.4, 0.5) is 11.4 Å². The number of benzene rings is 3. The molecule has 0 radical (unpaired) electrons. The van der Waals surface area contributed by atoms with Crippen LogP contribution in [0.15, 0.2) is 97.5 Å². The van der Waals surface area contributed by atoms with Gasteiger partial charge in [0, 0.05) is 46.8 Å². The average molecular weight is 469 g/mol. The maximum absolute atomic E-state index is 10.3. The fraction of sp³-hybridized carbons (Fsp3) is 0.188. The average Bonchev–Trinajstić information content (AvgIpc) is 3.43. The zero-order valence-electron chi connectivity index (χ0n) is 20.2. The molecule has 3 aromatic carbocycles. The summed E-state index contributed by atoms with van der Waals surface area (Å²) in [6.45, 7) is 0. The Morgan fingerprint density at radius 2 is 1.58 bits per heavy atom. The van der Waals surface area contributed by atoms with Gasteiger partial charge in [-0.15, -0.1) is 0 Å². The highest BCUT2D eigenvalue weighted by molar-refractivity contribution is 5.94. The maximum Gasteiger partial charge on any atom is 0.103 e. The highest BCUT2D eigenvalue weighted by atomic mass is 15.2. The second-order valence-electron chi connectivity index (χ2n) is 9.52. The molecule has 1 fully saturated rings. The monoisotopic (exact) mass is 468 g/mol. The van der Waals surface area contributed by atoms with Crippen molar-refractivity contribution in [3.05, 3.63) is 103 Å². The number of nitrogens with zero attached hydrogens (tertiary/aromatic N) is 3. The van der Waals surface area contributed by atoms with Crippen molar-refractivity contribution in [2.45, 2.75) is 38.1 Å². The first-order chi connectivity index (χ1) is 17.8. The summed E-state index contributed by atoms with van der Waals surface area (Å²) in [7, 11) is 0. The number of rotatable bonds is 5. The molecule has 176 valence electrons. The molecule has 0 unspecified atom stereocenters. The van der Waals surface area contributed by atoms with Crippen LogP contribution in [0, 0.1) is 11.3 Å². The summed E-state index contributed by atoms with van der Waals surface area (Å²) in [6.07, 6.45) is 11.5. The lowest BCUT2D eigenvalue weighted by Crippen LogP contribution is -2.34. The quantitative estimate of drug-likeness (QED) is 0.282. The van der Waals surface area contributed by atoms with Crippen molar-refractivity contribution in [2.75, 3.05) is 4.90 Å². The van der Waals surface area contributed by atoms with Crippen molar-refractivity contribution in [3.8, 4) is 28.3 Å². The summed E-state index contributed by atoms with van der Waals surface area (Å²) < 4.78 is 0. The van der Waals surface area contributed by atoms with E-state index < -0.39 is 0 Å². The van der Waals surface area contributed by atoms with E-state index in [1.54, 1.807) is 6.20 Å². The zero-order chi connectivity index (χ0) is 24.3. The van der Waals surface area contributed by atoms with E-state index in [0.717, 1.165) is 52.0 Å². The summed E-state index contributed by atoms with van der Waals surface area (Å²) in [5.41, 5.74) is 8.18. The van der Waals surface area contributed by atoms with Gasteiger partial charge in [-0.05, 0) is 53.8 Å². The van der Waals surface area contributed by atoms with Crippen molar-refractivity contribution in [3.63, 3.8) is 0 Å². The van der Waals surface area contributed by atoms with Crippen LogP contribution in [0.3, 0.4) is 0 Å². The van der Waals surface area contributed by atoms with E-state index >= 15 is 0 Å². The van der Waals surface area contributed by atoms with Gasteiger partial charge < -0.3 is 9.88 Å². The standard InChI is InChI=1S/C32H28N4/c33-20-25-21-34-22-30(29-14-8-7-13-28(29)23-9-3-1-4-10-23)32(25)36(26-11-5-2-6-12-26)27-15-16-31-24(19-27)17-18-35-31/h1,3-4,7-10,13-19,21-22,26,35H,2,5-6,11-12H2. The van der Waals surface area contributed by atoms with Gasteiger partial charge in [0.25, 0.3) is 0 Å². The highest BCUT2D eigenvalue weighted by Crippen LogP contribution is 2.44. The van der Waals surface area contributed by atoms with E-state index in [1.807, 2.05) is 18.5 Å². The summed E-state index contributed by atoms with van der Waals surface area (Å²) >= 11 is 0. The number of nitrogens with one attached hydrogen (secondary N) is 1. The number of aromatic amines is 1. The summed E-state index contributed by atoms with van der Waals surface area (Å²) in [6, 6.07) is 30.4. The Hall–Kier alpha value is -4.36. The molecule has 0 amide bonds. The number of pyridine rings is 1. The molecule has 2 heterocycles. The Bertz CT molecular complexity index is 1540. The third-order valence-electron chi connectivity index (χ3n) is 7.34. The molecule has 0 aliphatic heterocycles. The molecular weight excluding hydrogens is 440 g/mol. The van der Waals surface area contributed by atoms with Crippen molar-refractivity contribution >= 4 is 22.3 Å². The van der Waals surface area contributed by atoms with Crippen molar-refractivity contribution in [1.82, 2.24) is 9.97 Å². The predicted molar refractivity (Wildman–Crippen MR) is 147 cm³/mol. The molecule has 1 N–H and O–H groups in total. The first-order valence-corrected chi connectivity index (χ1v) is 12.7. The molecule has 6 rings (SSSR count). The second-order valence-corrected chi connectivity index (χ2v) is 9.52. The Balaban J connectivity index is 1.60. The summed E-state index contributed by atoms with van der Waals surface area (Å²) in [5, 5.41) is 11.5. The highest BCUT2D eigenvalue weighted by Gasteiger charge is 2.28. The van der Waals surface area contributed by atoms with Gasteiger partial charge >= 0.3 is 0 Å². The molecule has 0 atom stereocenters. The molecule has 1 aliphatic rings. The second kappa shape index (κ2) is 9.71. The molecule has 0 spiro atoms. The van der Waals surface area contributed by atoms with Crippen molar-refractivity contribution in [1.29, 1.82) is 5.26 Å². The molecule has 5 aromatic rings. The van der Waals surface area contributed by atoms with Crippen LogP contribution in [0.2, 0.25) is 0 Å². The van der Waals surface area contributed by atoms with Crippen LogP contribution in [-0.4, -0.2) is 16.0 Å². The van der Waals surface area contributed by atoms with Gasteiger partial charge in [0.1, 0.15) is 6.07 Å². The van der Waals surface area contributed by atoms with E-state index in [-0.39, 0.29) is 0 Å². The van der Waals surface area contributed by atoms with E-state index in [1.165, 1.54) is 24.6 Å². The number of fused-ring (bicyclic) bond motifs is 1. The minimum Gasteiger partial charge on any atom is -0.361 e. The first-order valence-electron chi connectivity index (χ1n) is 12.7. The number of anilines is 2. The van der Waals surface area contributed by atoms with Gasteiger partial charge in [-0.3, -0.25) is 4.98 Å². The van der Waals surface area contributed by atoms with Crippen LogP contribution in [0.5, 0.6) is 0 Å². The zero-order valence-corrected chi connectivity index (χ0v) is 20.2. The molecular formula is C32H28N4. The molecule has 0 bridgehead atoms. The number of H-pyrrole nitrogens is 1. The Morgan fingerprint density at radius 3 is 2.39 bits per heavy atom. The topological polar surface area (TPSA) is 55.7 Å². The fourth-order valence-corrected chi connectivity index (χ4v) is 5.63. The Labute approximate surface area is 211 Å².